The molecule has 0 aromatic heterocycles. The molecule has 0 unspecified atom stereocenters. The zero-order valence-corrected chi connectivity index (χ0v) is 5.01. The molecule has 8 heavy (non-hydrogen) atoms. The van der Waals surface area contributed by atoms with Crippen molar-refractivity contribution in [1.82, 2.24) is 10.0 Å². The van der Waals surface area contributed by atoms with E-state index in [4.69, 9.17) is 0 Å². The van der Waals surface area contributed by atoms with E-state index in [1.165, 1.54) is 32.5 Å². The number of rotatable bonds is 0. The van der Waals surface area contributed by atoms with Gasteiger partial charge >= 0.3 is 0 Å². The van der Waals surface area contributed by atoms with Crippen LogP contribution in [-0.4, -0.2) is 29.7 Å². The Kier molecular flexibility index (Phi) is 1.02. The third-order valence-corrected chi connectivity index (χ3v) is 1.89. The first kappa shape index (κ1) is 4.77. The highest BCUT2D eigenvalue weighted by molar-refractivity contribution is 4.81. The Labute approximate surface area is 50.0 Å². The Morgan fingerprint density at radius 1 is 1.12 bits per heavy atom. The molecule has 0 aliphatic carbocycles. The largest absolute Gasteiger partial charge is 0.241 e. The summed E-state index contributed by atoms with van der Waals surface area (Å²) in [4.78, 5) is 0. The van der Waals surface area contributed by atoms with Crippen LogP contribution in [0, 0.1) is 6.54 Å². The molecule has 1 radical (unpaired) electrons. The molecule has 45 valence electrons. The van der Waals surface area contributed by atoms with E-state index in [-0.39, 0.29) is 0 Å². The second kappa shape index (κ2) is 1.71. The van der Waals surface area contributed by atoms with E-state index in [1.54, 1.807) is 0 Å². The SMILES string of the molecule is [CH]1CCN2CCCN12. The van der Waals surface area contributed by atoms with E-state index in [2.05, 4.69) is 16.6 Å². The molecule has 2 aliphatic rings. The van der Waals surface area contributed by atoms with Crippen molar-refractivity contribution in [3.63, 3.8) is 0 Å². The smallest absolute Gasteiger partial charge is 0.0428 e. The second-order valence-electron chi connectivity index (χ2n) is 2.44. The summed E-state index contributed by atoms with van der Waals surface area (Å²) in [5.74, 6) is 0. The molecule has 0 bridgehead atoms. The summed E-state index contributed by atoms with van der Waals surface area (Å²) >= 11 is 0. The predicted octanol–water partition coefficient (Wildman–Crippen LogP) is 0.475. The van der Waals surface area contributed by atoms with Gasteiger partial charge in [-0.1, -0.05) is 0 Å². The summed E-state index contributed by atoms with van der Waals surface area (Å²) in [5, 5.41) is 4.76. The van der Waals surface area contributed by atoms with Gasteiger partial charge < -0.3 is 0 Å². The molecule has 0 saturated carbocycles. The van der Waals surface area contributed by atoms with Gasteiger partial charge in [-0.05, 0) is 12.8 Å². The van der Waals surface area contributed by atoms with Crippen molar-refractivity contribution in [3.8, 4) is 0 Å². The molecular weight excluding hydrogens is 100 g/mol. The zero-order valence-electron chi connectivity index (χ0n) is 5.01. The molecule has 0 atom stereocenters. The van der Waals surface area contributed by atoms with Gasteiger partial charge in [0.1, 0.15) is 0 Å². The zero-order chi connectivity index (χ0) is 5.40. The highest BCUT2D eigenvalue weighted by Crippen LogP contribution is 2.19. The monoisotopic (exact) mass is 111 g/mol. The van der Waals surface area contributed by atoms with E-state index in [9.17, 15) is 0 Å². The van der Waals surface area contributed by atoms with E-state index in [0.717, 1.165) is 0 Å². The van der Waals surface area contributed by atoms with Gasteiger partial charge in [0.25, 0.3) is 0 Å². The van der Waals surface area contributed by atoms with Crippen molar-refractivity contribution < 1.29 is 0 Å². The number of hydrogen-bond donors (Lipinski definition) is 0. The van der Waals surface area contributed by atoms with Crippen LogP contribution < -0.4 is 0 Å². The van der Waals surface area contributed by atoms with Crippen LogP contribution in [0.3, 0.4) is 0 Å². The van der Waals surface area contributed by atoms with Crippen molar-refractivity contribution in [2.75, 3.05) is 19.6 Å². The summed E-state index contributed by atoms with van der Waals surface area (Å²) < 4.78 is 0. The first-order valence-corrected chi connectivity index (χ1v) is 3.32. The van der Waals surface area contributed by atoms with Crippen LogP contribution in [0.5, 0.6) is 0 Å². The molecule has 0 aromatic carbocycles. The van der Waals surface area contributed by atoms with Crippen LogP contribution in [0.15, 0.2) is 0 Å². The van der Waals surface area contributed by atoms with Crippen molar-refractivity contribution in [2.45, 2.75) is 12.8 Å². The number of fused-ring (bicyclic) bond motifs is 1. The maximum absolute atomic E-state index is 2.42. The summed E-state index contributed by atoms with van der Waals surface area (Å²) in [6.07, 6.45) is 2.62. The maximum Gasteiger partial charge on any atom is 0.0428 e. The van der Waals surface area contributed by atoms with E-state index < -0.39 is 0 Å². The van der Waals surface area contributed by atoms with E-state index in [0.29, 0.717) is 0 Å². The molecule has 0 amide bonds. The fourth-order valence-corrected chi connectivity index (χ4v) is 1.49. The molecule has 2 rings (SSSR count). The molecule has 2 fully saturated rings. The highest BCUT2D eigenvalue weighted by atomic mass is 15.7. The lowest BCUT2D eigenvalue weighted by Crippen LogP contribution is -2.26. The molecule has 2 saturated heterocycles. The molecular formula is C6H11N2. The third-order valence-electron chi connectivity index (χ3n) is 1.89. The normalized spacial score (nSPS) is 31.5. The van der Waals surface area contributed by atoms with Gasteiger partial charge in [0.05, 0.1) is 0 Å². The van der Waals surface area contributed by atoms with Crippen LogP contribution in [-0.2, 0) is 0 Å². The average Bonchev–Trinajstić information content (AvgIpc) is 2.15. The lowest BCUT2D eigenvalue weighted by atomic mass is 10.4. The first-order valence-electron chi connectivity index (χ1n) is 3.32. The van der Waals surface area contributed by atoms with Gasteiger partial charge in [-0.3, -0.25) is 0 Å². The van der Waals surface area contributed by atoms with Crippen molar-refractivity contribution in [3.05, 3.63) is 6.54 Å². The fraction of sp³-hybridized carbons (Fsp3) is 0.833. The molecule has 2 heteroatoms. The lowest BCUT2D eigenvalue weighted by Gasteiger charge is -2.16. The highest BCUT2D eigenvalue weighted by Gasteiger charge is 2.25. The fourth-order valence-electron chi connectivity index (χ4n) is 1.49. The van der Waals surface area contributed by atoms with Gasteiger partial charge in [0.2, 0.25) is 0 Å². The molecule has 0 N–H and O–H groups in total. The average molecular weight is 111 g/mol. The van der Waals surface area contributed by atoms with E-state index in [1.807, 2.05) is 0 Å². The molecule has 2 nitrogen and oxygen atoms in total. The molecule has 0 aromatic rings. The van der Waals surface area contributed by atoms with Gasteiger partial charge in [-0.2, -0.15) is 0 Å². The van der Waals surface area contributed by atoms with Gasteiger partial charge in [-0.25, -0.2) is 10.0 Å². The minimum absolute atomic E-state index is 1.26. The van der Waals surface area contributed by atoms with Gasteiger partial charge in [-0.15, -0.1) is 0 Å². The summed E-state index contributed by atoms with van der Waals surface area (Å²) in [6.45, 7) is 6.11. The summed E-state index contributed by atoms with van der Waals surface area (Å²) in [6, 6.07) is 0. The van der Waals surface area contributed by atoms with Crippen LogP contribution in [0.4, 0.5) is 0 Å². The third kappa shape index (κ3) is 0.565. The second-order valence-corrected chi connectivity index (χ2v) is 2.44. The molecule has 2 aliphatic heterocycles. The van der Waals surface area contributed by atoms with Crippen molar-refractivity contribution in [1.29, 1.82) is 0 Å². The van der Waals surface area contributed by atoms with Gasteiger partial charge in [0, 0.05) is 26.2 Å². The molecule has 2 heterocycles. The minimum atomic E-state index is 1.26. The van der Waals surface area contributed by atoms with Crippen molar-refractivity contribution in [2.24, 2.45) is 0 Å². The quantitative estimate of drug-likeness (QED) is 0.448. The summed E-state index contributed by atoms with van der Waals surface area (Å²) in [5.41, 5.74) is 0. The Bertz CT molecular complexity index is 72.5. The Morgan fingerprint density at radius 2 is 2.12 bits per heavy atom. The lowest BCUT2D eigenvalue weighted by molar-refractivity contribution is 0.111. The van der Waals surface area contributed by atoms with Crippen LogP contribution in [0.1, 0.15) is 12.8 Å². The minimum Gasteiger partial charge on any atom is -0.241 e. The Hall–Kier alpha value is -0.0800. The number of hydrogen-bond acceptors (Lipinski definition) is 2. The number of hydrazine groups is 1. The van der Waals surface area contributed by atoms with Crippen LogP contribution in [0.2, 0.25) is 0 Å². The van der Waals surface area contributed by atoms with Crippen LogP contribution >= 0.6 is 0 Å². The molecule has 0 spiro atoms. The Morgan fingerprint density at radius 3 is 3.00 bits per heavy atom. The standard InChI is InChI=1S/C6H11N2/c1-3-7-5-2-6-8(7)4-1/h3H,1-2,4-6H2. The topological polar surface area (TPSA) is 6.48 Å². The first-order chi connectivity index (χ1) is 3.97. The van der Waals surface area contributed by atoms with Crippen molar-refractivity contribution >= 4 is 0 Å². The maximum atomic E-state index is 2.42. The van der Waals surface area contributed by atoms with Crippen LogP contribution in [0.25, 0.3) is 0 Å². The number of nitrogens with zero attached hydrogens (tertiary/aromatic N) is 2. The van der Waals surface area contributed by atoms with Gasteiger partial charge in [0.15, 0.2) is 0 Å². The predicted molar refractivity (Wildman–Crippen MR) is 31.8 cm³/mol. The summed E-state index contributed by atoms with van der Waals surface area (Å²) in [7, 11) is 0. The van der Waals surface area contributed by atoms with E-state index >= 15 is 0 Å². The Balaban J connectivity index is 2.04.